The Kier molecular flexibility index (Phi) is 8.79. The summed E-state index contributed by atoms with van der Waals surface area (Å²) >= 11 is 4.64. The van der Waals surface area contributed by atoms with Gasteiger partial charge in [0, 0.05) is 23.4 Å². The average Bonchev–Trinajstić information content (AvgIpc) is 3.05. The first-order valence-corrected chi connectivity index (χ1v) is 11.6. The molecule has 0 unspecified atom stereocenters. The van der Waals surface area contributed by atoms with E-state index in [1.807, 2.05) is 13.8 Å². The molecule has 0 spiro atoms. The van der Waals surface area contributed by atoms with Crippen LogP contribution in [0.25, 0.3) is 0 Å². The maximum atomic E-state index is 12.4. The van der Waals surface area contributed by atoms with Gasteiger partial charge in [0.2, 0.25) is 5.91 Å². The zero-order valence-electron chi connectivity index (χ0n) is 16.0. The Balaban J connectivity index is 1.83. The minimum Gasteiger partial charge on any atom is -0.326 e. The van der Waals surface area contributed by atoms with E-state index in [2.05, 4.69) is 29.4 Å². The number of amides is 1. The summed E-state index contributed by atoms with van der Waals surface area (Å²) < 4.78 is 1.76. The van der Waals surface area contributed by atoms with Gasteiger partial charge in [0.25, 0.3) is 0 Å². The minimum absolute atomic E-state index is 0.0120. The van der Waals surface area contributed by atoms with E-state index in [0.29, 0.717) is 35.3 Å². The highest BCUT2D eigenvalue weighted by Gasteiger charge is 2.11. The highest BCUT2D eigenvalue weighted by molar-refractivity contribution is 8.03. The third-order valence-electron chi connectivity index (χ3n) is 3.34. The summed E-state index contributed by atoms with van der Waals surface area (Å²) in [7, 11) is 0. The summed E-state index contributed by atoms with van der Waals surface area (Å²) in [5.74, 6) is 2.27. The van der Waals surface area contributed by atoms with Gasteiger partial charge in [-0.3, -0.25) is 9.59 Å². The lowest BCUT2D eigenvalue weighted by molar-refractivity contribution is -0.116. The maximum Gasteiger partial charge on any atom is 0.224 e. The molecule has 2 aromatic rings. The number of aromatic nitrogens is 2. The van der Waals surface area contributed by atoms with Crippen molar-refractivity contribution in [3.05, 3.63) is 29.8 Å². The Bertz CT molecular complexity index is 758. The number of rotatable bonds is 10. The summed E-state index contributed by atoms with van der Waals surface area (Å²) in [6, 6.07) is 7.03. The van der Waals surface area contributed by atoms with E-state index in [9.17, 15) is 9.59 Å². The normalized spacial score (nSPS) is 11.2. The van der Waals surface area contributed by atoms with Crippen LogP contribution in [-0.2, 0) is 4.79 Å². The molecule has 5 nitrogen and oxygen atoms in total. The molecule has 1 amide bonds. The quantitative estimate of drug-likeness (QED) is 0.416. The molecule has 0 aliphatic carbocycles. The van der Waals surface area contributed by atoms with E-state index in [-0.39, 0.29) is 11.7 Å². The van der Waals surface area contributed by atoms with Crippen LogP contribution in [0, 0.1) is 11.8 Å². The van der Waals surface area contributed by atoms with E-state index in [1.165, 1.54) is 23.1 Å². The molecule has 0 saturated heterocycles. The van der Waals surface area contributed by atoms with Gasteiger partial charge in [-0.05, 0) is 36.1 Å². The highest BCUT2D eigenvalue weighted by Crippen LogP contribution is 2.30. The molecule has 1 aromatic carbocycles. The Morgan fingerprint density at radius 3 is 2.22 bits per heavy atom. The zero-order chi connectivity index (χ0) is 19.8. The van der Waals surface area contributed by atoms with Gasteiger partial charge in [-0.1, -0.05) is 62.6 Å². The summed E-state index contributed by atoms with van der Waals surface area (Å²) in [5, 5.41) is 11.1. The van der Waals surface area contributed by atoms with Gasteiger partial charge in [0.05, 0.1) is 5.75 Å². The van der Waals surface area contributed by atoms with Crippen LogP contribution < -0.4 is 5.32 Å². The van der Waals surface area contributed by atoms with Crippen molar-refractivity contribution in [2.45, 2.75) is 42.8 Å². The first-order chi connectivity index (χ1) is 12.8. The van der Waals surface area contributed by atoms with Crippen LogP contribution in [0.1, 0.15) is 44.5 Å². The average molecular weight is 424 g/mol. The Hall–Kier alpha value is -1.38. The fraction of sp³-hybridized carbons (Fsp3) is 0.474. The molecule has 0 radical (unpaired) electrons. The van der Waals surface area contributed by atoms with E-state index >= 15 is 0 Å². The summed E-state index contributed by atoms with van der Waals surface area (Å²) in [6.07, 6.45) is 0.483. The van der Waals surface area contributed by atoms with Gasteiger partial charge in [-0.2, -0.15) is 0 Å². The second-order valence-electron chi connectivity index (χ2n) is 6.97. The van der Waals surface area contributed by atoms with Crippen molar-refractivity contribution >= 4 is 52.2 Å². The van der Waals surface area contributed by atoms with Gasteiger partial charge in [0.15, 0.2) is 14.5 Å². The number of hydrogen-bond acceptors (Lipinski definition) is 7. The van der Waals surface area contributed by atoms with Gasteiger partial charge in [0.1, 0.15) is 0 Å². The second kappa shape index (κ2) is 10.8. The second-order valence-corrected chi connectivity index (χ2v) is 10.4. The fourth-order valence-corrected chi connectivity index (χ4v) is 4.98. The predicted octanol–water partition coefficient (Wildman–Crippen LogP) is 5.25. The van der Waals surface area contributed by atoms with Crippen LogP contribution >= 0.6 is 34.9 Å². The summed E-state index contributed by atoms with van der Waals surface area (Å²) in [6.45, 7) is 8.35. The molecular weight excluding hydrogens is 398 g/mol. The van der Waals surface area contributed by atoms with Gasteiger partial charge >= 0.3 is 0 Å². The minimum atomic E-state index is -0.0120. The number of Topliss-reactive ketones (excluding diaryl/α,β-unsaturated/α-hetero) is 1. The molecule has 1 N–H and O–H groups in total. The van der Waals surface area contributed by atoms with Crippen molar-refractivity contribution in [1.82, 2.24) is 10.2 Å². The molecule has 0 aliphatic heterocycles. The van der Waals surface area contributed by atoms with Crippen molar-refractivity contribution in [2.75, 3.05) is 16.8 Å². The van der Waals surface area contributed by atoms with E-state index in [0.717, 1.165) is 14.4 Å². The molecular formula is C19H25N3O2S3. The van der Waals surface area contributed by atoms with Crippen LogP contribution in [0.3, 0.4) is 0 Å². The molecule has 146 valence electrons. The molecule has 0 fully saturated rings. The lowest BCUT2D eigenvalue weighted by Crippen LogP contribution is -2.14. The van der Waals surface area contributed by atoms with Gasteiger partial charge in [-0.15, -0.1) is 10.2 Å². The molecule has 27 heavy (non-hydrogen) atoms. The number of ketones is 1. The van der Waals surface area contributed by atoms with E-state index in [1.54, 1.807) is 36.0 Å². The van der Waals surface area contributed by atoms with Crippen molar-refractivity contribution < 1.29 is 9.59 Å². The summed E-state index contributed by atoms with van der Waals surface area (Å²) in [4.78, 5) is 24.2. The number of benzene rings is 1. The molecule has 0 bridgehead atoms. The first kappa shape index (κ1) is 21.9. The molecule has 1 heterocycles. The highest BCUT2D eigenvalue weighted by atomic mass is 32.2. The smallest absolute Gasteiger partial charge is 0.224 e. The van der Waals surface area contributed by atoms with Crippen LogP contribution in [0.5, 0.6) is 0 Å². The van der Waals surface area contributed by atoms with E-state index < -0.39 is 0 Å². The van der Waals surface area contributed by atoms with Crippen LogP contribution in [0.15, 0.2) is 32.9 Å². The Morgan fingerprint density at radius 2 is 1.63 bits per heavy atom. The topological polar surface area (TPSA) is 72.0 Å². The third-order valence-corrected chi connectivity index (χ3v) is 6.96. The number of nitrogens with one attached hydrogen (secondary N) is 1. The Morgan fingerprint density at radius 1 is 1.00 bits per heavy atom. The number of hydrogen-bond donors (Lipinski definition) is 1. The lowest BCUT2D eigenvalue weighted by Gasteiger charge is -2.07. The third kappa shape index (κ3) is 8.02. The number of carbonyl (C=O) groups excluding carboxylic acids is 2. The molecule has 8 heteroatoms. The van der Waals surface area contributed by atoms with Crippen molar-refractivity contribution in [1.29, 1.82) is 0 Å². The fourth-order valence-electron chi connectivity index (χ4n) is 2.08. The van der Waals surface area contributed by atoms with Crippen molar-refractivity contribution in [2.24, 2.45) is 11.8 Å². The summed E-state index contributed by atoms with van der Waals surface area (Å²) in [5.41, 5.74) is 1.34. The van der Waals surface area contributed by atoms with Crippen LogP contribution in [0.2, 0.25) is 0 Å². The van der Waals surface area contributed by atoms with Crippen LogP contribution in [-0.4, -0.2) is 33.4 Å². The lowest BCUT2D eigenvalue weighted by atomic mass is 10.1. The van der Waals surface area contributed by atoms with E-state index in [4.69, 9.17) is 0 Å². The largest absolute Gasteiger partial charge is 0.326 e. The van der Waals surface area contributed by atoms with Gasteiger partial charge < -0.3 is 5.32 Å². The van der Waals surface area contributed by atoms with Gasteiger partial charge in [-0.25, -0.2) is 0 Å². The maximum absolute atomic E-state index is 12.4. The predicted molar refractivity (Wildman–Crippen MR) is 115 cm³/mol. The monoisotopic (exact) mass is 423 g/mol. The SMILES string of the molecule is CC(C)CSc1nnc(SCC(=O)c2ccc(NC(=O)CC(C)C)cc2)s1. The van der Waals surface area contributed by atoms with Crippen molar-refractivity contribution in [3.8, 4) is 0 Å². The first-order valence-electron chi connectivity index (χ1n) is 8.85. The number of carbonyl (C=O) groups is 2. The van der Waals surface area contributed by atoms with Crippen LogP contribution in [0.4, 0.5) is 5.69 Å². The molecule has 2 rings (SSSR count). The molecule has 1 aromatic heterocycles. The molecule has 0 saturated carbocycles. The zero-order valence-corrected chi connectivity index (χ0v) is 18.5. The number of anilines is 1. The number of nitrogens with zero attached hydrogens (tertiary/aromatic N) is 2. The van der Waals surface area contributed by atoms with Crippen molar-refractivity contribution in [3.63, 3.8) is 0 Å². The molecule has 0 atom stereocenters. The standard InChI is InChI=1S/C19H25N3O2S3/c1-12(2)9-17(24)20-15-7-5-14(6-8-15)16(23)11-26-19-22-21-18(27-19)25-10-13(3)4/h5-8,12-13H,9-11H2,1-4H3,(H,20,24). The Labute approximate surface area is 173 Å². The molecule has 0 aliphatic rings. The number of thioether (sulfide) groups is 2.